The minimum Gasteiger partial charge on any atom is -0.396 e. The van der Waals surface area contributed by atoms with Crippen LogP contribution in [0.2, 0.25) is 0 Å². The Morgan fingerprint density at radius 1 is 1.09 bits per heavy atom. The zero-order chi connectivity index (χ0) is 22.1. The molecule has 166 valence electrons. The predicted octanol–water partition coefficient (Wildman–Crippen LogP) is 5.01. The zero-order valence-electron chi connectivity index (χ0n) is 18.1. The summed E-state index contributed by atoms with van der Waals surface area (Å²) in [5.41, 5.74) is 3.85. The molecule has 1 aliphatic rings. The van der Waals surface area contributed by atoms with E-state index in [1.54, 1.807) is 22.7 Å². The molecule has 9 heteroatoms. The third kappa shape index (κ3) is 4.46. The molecular weight excluding hydrogens is 440 g/mol. The van der Waals surface area contributed by atoms with Crippen molar-refractivity contribution in [3.8, 4) is 10.6 Å². The number of fused-ring (bicyclic) bond motifs is 1. The average Bonchev–Trinajstić information content (AvgIpc) is 3.51. The number of anilines is 2. The maximum absolute atomic E-state index is 9.55. The van der Waals surface area contributed by atoms with Crippen LogP contribution in [0.1, 0.15) is 35.7 Å². The second-order valence-electron chi connectivity index (χ2n) is 8.28. The van der Waals surface area contributed by atoms with E-state index < -0.39 is 0 Å². The molecule has 0 saturated heterocycles. The van der Waals surface area contributed by atoms with Crippen molar-refractivity contribution in [2.75, 3.05) is 17.2 Å². The Balaban J connectivity index is 1.49. The van der Waals surface area contributed by atoms with E-state index in [9.17, 15) is 5.11 Å². The number of aliphatic hydroxyl groups is 1. The van der Waals surface area contributed by atoms with Crippen molar-refractivity contribution < 1.29 is 5.11 Å². The third-order valence-corrected chi connectivity index (χ3v) is 7.82. The Morgan fingerprint density at radius 3 is 2.72 bits per heavy atom. The zero-order valence-corrected chi connectivity index (χ0v) is 19.8. The number of para-hydroxylation sites is 1. The molecule has 2 atom stereocenters. The maximum Gasteiger partial charge on any atom is 0.225 e. The number of nitrogens with one attached hydrogen (secondary N) is 2. The topological polar surface area (TPSA) is 95.9 Å². The largest absolute Gasteiger partial charge is 0.396 e. The standard InChI is InChI=1S/C23H26N6OS2/c1-13-12-31-19(25-13)10-24-23-26-14(2)20(22-28-17-5-3-4-6-18(17)32-22)21(29-23)27-16-8-7-15(9-16)11-30/h3-6,12,15-16,30H,7-11H2,1-2H3,(H2,24,26,27,29)/t15?,16-/m0/s1. The van der Waals surface area contributed by atoms with Crippen LogP contribution >= 0.6 is 22.7 Å². The lowest BCUT2D eigenvalue weighted by atomic mass is 10.1. The van der Waals surface area contributed by atoms with Gasteiger partial charge in [0.2, 0.25) is 5.95 Å². The summed E-state index contributed by atoms with van der Waals surface area (Å²) < 4.78 is 1.15. The minimum atomic E-state index is 0.242. The molecule has 4 aromatic rings. The summed E-state index contributed by atoms with van der Waals surface area (Å²) in [4.78, 5) is 19.0. The Hall–Kier alpha value is -2.62. The summed E-state index contributed by atoms with van der Waals surface area (Å²) >= 11 is 3.29. The first-order valence-electron chi connectivity index (χ1n) is 10.9. The molecule has 3 aromatic heterocycles. The summed E-state index contributed by atoms with van der Waals surface area (Å²) in [6.45, 7) is 4.84. The highest BCUT2D eigenvalue weighted by Gasteiger charge is 2.26. The van der Waals surface area contributed by atoms with Crippen LogP contribution in [0.4, 0.5) is 11.8 Å². The van der Waals surface area contributed by atoms with Crippen LogP contribution in [0.15, 0.2) is 29.6 Å². The second-order valence-corrected chi connectivity index (χ2v) is 10.3. The summed E-state index contributed by atoms with van der Waals surface area (Å²) in [7, 11) is 0. The quantitative estimate of drug-likeness (QED) is 0.352. The van der Waals surface area contributed by atoms with Crippen LogP contribution in [-0.4, -0.2) is 37.7 Å². The van der Waals surface area contributed by atoms with Crippen molar-refractivity contribution in [2.24, 2.45) is 5.92 Å². The lowest BCUT2D eigenvalue weighted by Crippen LogP contribution is -2.19. The molecule has 1 unspecified atom stereocenters. The van der Waals surface area contributed by atoms with Gasteiger partial charge < -0.3 is 15.7 Å². The summed E-state index contributed by atoms with van der Waals surface area (Å²) in [6.07, 6.45) is 3.00. The fraction of sp³-hybridized carbons (Fsp3) is 0.391. The van der Waals surface area contributed by atoms with Gasteiger partial charge >= 0.3 is 0 Å². The molecule has 0 amide bonds. The van der Waals surface area contributed by atoms with Crippen molar-refractivity contribution in [1.82, 2.24) is 19.9 Å². The van der Waals surface area contributed by atoms with Crippen molar-refractivity contribution in [3.63, 3.8) is 0 Å². The molecule has 1 aliphatic carbocycles. The minimum absolute atomic E-state index is 0.242. The predicted molar refractivity (Wildman–Crippen MR) is 131 cm³/mol. The van der Waals surface area contributed by atoms with E-state index in [-0.39, 0.29) is 12.6 Å². The highest BCUT2D eigenvalue weighted by Crippen LogP contribution is 2.37. The molecule has 3 heterocycles. The van der Waals surface area contributed by atoms with Crippen LogP contribution < -0.4 is 10.6 Å². The van der Waals surface area contributed by atoms with Gasteiger partial charge in [-0.05, 0) is 51.2 Å². The number of rotatable bonds is 7. The van der Waals surface area contributed by atoms with Gasteiger partial charge in [0, 0.05) is 23.7 Å². The molecule has 32 heavy (non-hydrogen) atoms. The fourth-order valence-electron chi connectivity index (χ4n) is 4.20. The van der Waals surface area contributed by atoms with Crippen molar-refractivity contribution in [3.05, 3.63) is 46.0 Å². The van der Waals surface area contributed by atoms with E-state index in [1.807, 2.05) is 37.4 Å². The molecule has 1 fully saturated rings. The van der Waals surface area contributed by atoms with E-state index in [1.165, 1.54) is 0 Å². The van der Waals surface area contributed by atoms with Crippen molar-refractivity contribution in [2.45, 2.75) is 45.7 Å². The molecule has 1 aromatic carbocycles. The first-order valence-corrected chi connectivity index (χ1v) is 12.6. The molecule has 1 saturated carbocycles. The average molecular weight is 467 g/mol. The molecule has 0 aliphatic heterocycles. The lowest BCUT2D eigenvalue weighted by Gasteiger charge is -2.18. The summed E-state index contributed by atoms with van der Waals surface area (Å²) in [5, 5.41) is 20.5. The number of benzene rings is 1. The Kier molecular flexibility index (Phi) is 6.03. The first-order chi connectivity index (χ1) is 15.6. The van der Waals surface area contributed by atoms with Gasteiger partial charge in [-0.3, -0.25) is 0 Å². The second kappa shape index (κ2) is 9.09. The van der Waals surface area contributed by atoms with Crippen LogP contribution in [0.3, 0.4) is 0 Å². The highest BCUT2D eigenvalue weighted by atomic mass is 32.1. The van der Waals surface area contributed by atoms with E-state index in [4.69, 9.17) is 15.0 Å². The number of thiazole rings is 2. The Bertz CT molecular complexity index is 1200. The van der Waals surface area contributed by atoms with Gasteiger partial charge in [0.1, 0.15) is 15.8 Å². The van der Waals surface area contributed by atoms with Gasteiger partial charge in [-0.2, -0.15) is 4.98 Å². The van der Waals surface area contributed by atoms with Crippen LogP contribution in [0.5, 0.6) is 0 Å². The number of nitrogens with zero attached hydrogens (tertiary/aromatic N) is 4. The molecule has 5 rings (SSSR count). The van der Waals surface area contributed by atoms with E-state index in [0.29, 0.717) is 18.4 Å². The smallest absolute Gasteiger partial charge is 0.225 e. The number of aryl methyl sites for hydroxylation is 2. The van der Waals surface area contributed by atoms with Crippen LogP contribution in [0, 0.1) is 19.8 Å². The van der Waals surface area contributed by atoms with Crippen molar-refractivity contribution in [1.29, 1.82) is 0 Å². The number of hydrogen-bond donors (Lipinski definition) is 3. The lowest BCUT2D eigenvalue weighted by molar-refractivity contribution is 0.229. The number of aromatic nitrogens is 4. The van der Waals surface area contributed by atoms with Gasteiger partial charge in [-0.25, -0.2) is 15.0 Å². The SMILES string of the molecule is Cc1csc(CNc2nc(C)c(-c3nc4ccccc4s3)c(N[C@H]3CCC(CO)C3)n2)n1. The molecule has 0 spiro atoms. The van der Waals surface area contributed by atoms with E-state index in [0.717, 1.165) is 62.3 Å². The molecule has 0 radical (unpaired) electrons. The monoisotopic (exact) mass is 466 g/mol. The molecule has 3 N–H and O–H groups in total. The van der Waals surface area contributed by atoms with Crippen LogP contribution in [-0.2, 0) is 6.54 Å². The third-order valence-electron chi connectivity index (χ3n) is 5.80. The summed E-state index contributed by atoms with van der Waals surface area (Å²) in [5.74, 6) is 1.74. The van der Waals surface area contributed by atoms with E-state index >= 15 is 0 Å². The van der Waals surface area contributed by atoms with Gasteiger partial charge in [-0.15, -0.1) is 22.7 Å². The molecule has 7 nitrogen and oxygen atoms in total. The van der Waals surface area contributed by atoms with Gasteiger partial charge in [-0.1, -0.05) is 12.1 Å². The first kappa shape index (κ1) is 21.2. The van der Waals surface area contributed by atoms with Gasteiger partial charge in [0.05, 0.1) is 28.0 Å². The van der Waals surface area contributed by atoms with E-state index in [2.05, 4.69) is 21.7 Å². The van der Waals surface area contributed by atoms with Gasteiger partial charge in [0.25, 0.3) is 0 Å². The fourth-order valence-corrected chi connectivity index (χ4v) is 5.97. The van der Waals surface area contributed by atoms with Crippen molar-refractivity contribution >= 4 is 44.7 Å². The number of aliphatic hydroxyl groups excluding tert-OH is 1. The van der Waals surface area contributed by atoms with Crippen LogP contribution in [0.25, 0.3) is 20.8 Å². The Labute approximate surface area is 195 Å². The normalized spacial score (nSPS) is 18.3. The highest BCUT2D eigenvalue weighted by molar-refractivity contribution is 7.21. The van der Waals surface area contributed by atoms with Gasteiger partial charge in [0.15, 0.2) is 0 Å². The molecular formula is C23H26N6OS2. The molecule has 0 bridgehead atoms. The Morgan fingerprint density at radius 2 is 1.97 bits per heavy atom. The summed E-state index contributed by atoms with van der Waals surface area (Å²) in [6, 6.07) is 8.45. The maximum atomic E-state index is 9.55. The number of hydrogen-bond acceptors (Lipinski definition) is 9.